The van der Waals surface area contributed by atoms with E-state index in [9.17, 15) is 4.79 Å². The number of carbonyl (C=O) groups excluding carboxylic acids is 1. The first-order chi connectivity index (χ1) is 7.04. The number of halogens is 2. The van der Waals surface area contributed by atoms with Crippen LogP contribution in [0, 0.1) is 18.3 Å². The second-order valence-electron chi connectivity index (χ2n) is 2.99. The topological polar surface area (TPSA) is 52.9 Å². The van der Waals surface area contributed by atoms with Crippen molar-refractivity contribution < 1.29 is 4.79 Å². The van der Waals surface area contributed by atoms with E-state index in [4.69, 9.17) is 5.26 Å². The van der Waals surface area contributed by atoms with Gasteiger partial charge in [-0.15, -0.1) is 0 Å². The summed E-state index contributed by atoms with van der Waals surface area (Å²) in [5.41, 5.74) is 1.73. The summed E-state index contributed by atoms with van der Waals surface area (Å²) in [5.74, 6) is -0.317. The highest BCUT2D eigenvalue weighted by molar-refractivity contribution is 9.11. The van der Waals surface area contributed by atoms with Gasteiger partial charge in [0.1, 0.15) is 6.42 Å². The fourth-order valence-electron chi connectivity index (χ4n) is 1.07. The van der Waals surface area contributed by atoms with Gasteiger partial charge in [0, 0.05) is 8.95 Å². The summed E-state index contributed by atoms with van der Waals surface area (Å²) in [4.78, 5) is 11.2. The Morgan fingerprint density at radius 1 is 1.47 bits per heavy atom. The van der Waals surface area contributed by atoms with Crippen LogP contribution in [-0.2, 0) is 4.79 Å². The van der Waals surface area contributed by atoms with Crippen LogP contribution in [0.5, 0.6) is 0 Å². The molecule has 0 unspecified atom stereocenters. The zero-order valence-electron chi connectivity index (χ0n) is 7.97. The number of hydrogen-bond acceptors (Lipinski definition) is 2. The van der Waals surface area contributed by atoms with Crippen molar-refractivity contribution in [3.63, 3.8) is 0 Å². The maximum Gasteiger partial charge on any atom is 0.238 e. The Morgan fingerprint density at radius 3 is 2.47 bits per heavy atom. The molecule has 0 aromatic heterocycles. The van der Waals surface area contributed by atoms with Gasteiger partial charge in [0.05, 0.1) is 11.8 Å². The number of hydrogen-bond donors (Lipinski definition) is 1. The number of amides is 1. The number of nitriles is 1. The first-order valence-electron chi connectivity index (χ1n) is 4.17. The van der Waals surface area contributed by atoms with Crippen LogP contribution in [0.2, 0.25) is 0 Å². The molecule has 0 saturated carbocycles. The lowest BCUT2D eigenvalue weighted by Crippen LogP contribution is -2.11. The van der Waals surface area contributed by atoms with Crippen molar-refractivity contribution in [2.75, 3.05) is 5.32 Å². The summed E-state index contributed by atoms with van der Waals surface area (Å²) < 4.78 is 1.58. The largest absolute Gasteiger partial charge is 0.323 e. The lowest BCUT2D eigenvalue weighted by atomic mass is 10.2. The van der Waals surface area contributed by atoms with Gasteiger partial charge in [-0.1, -0.05) is 0 Å². The van der Waals surface area contributed by atoms with Crippen molar-refractivity contribution in [3.05, 3.63) is 26.6 Å². The van der Waals surface area contributed by atoms with E-state index in [1.54, 1.807) is 6.07 Å². The van der Waals surface area contributed by atoms with E-state index in [0.717, 1.165) is 14.5 Å². The number of benzene rings is 1. The highest BCUT2D eigenvalue weighted by atomic mass is 79.9. The van der Waals surface area contributed by atoms with Gasteiger partial charge in [-0.05, 0) is 56.5 Å². The molecule has 0 aliphatic carbocycles. The third kappa shape index (κ3) is 3.33. The molecule has 1 aromatic rings. The predicted octanol–water partition coefficient (Wildman–Crippen LogP) is 3.37. The third-order valence-corrected chi connectivity index (χ3v) is 2.94. The zero-order valence-corrected chi connectivity index (χ0v) is 11.1. The molecule has 0 fully saturated rings. The first kappa shape index (κ1) is 12.2. The van der Waals surface area contributed by atoms with Crippen molar-refractivity contribution in [2.24, 2.45) is 0 Å². The van der Waals surface area contributed by atoms with Gasteiger partial charge in [-0.25, -0.2) is 0 Å². The van der Waals surface area contributed by atoms with Crippen LogP contribution in [0.4, 0.5) is 5.69 Å². The summed E-state index contributed by atoms with van der Waals surface area (Å²) in [7, 11) is 0. The molecule has 0 heterocycles. The molecule has 1 rings (SSSR count). The molecule has 0 radical (unpaired) electrons. The SMILES string of the molecule is Cc1cc(Br)c(NC(=O)CC#N)c(Br)c1. The van der Waals surface area contributed by atoms with Crippen molar-refractivity contribution in [1.82, 2.24) is 0 Å². The maximum atomic E-state index is 11.2. The van der Waals surface area contributed by atoms with Gasteiger partial charge in [0.2, 0.25) is 5.91 Å². The van der Waals surface area contributed by atoms with Gasteiger partial charge >= 0.3 is 0 Å². The third-order valence-electron chi connectivity index (χ3n) is 1.69. The van der Waals surface area contributed by atoms with Crippen LogP contribution in [0.25, 0.3) is 0 Å². The molecule has 0 spiro atoms. The van der Waals surface area contributed by atoms with E-state index < -0.39 is 0 Å². The number of rotatable bonds is 2. The predicted molar refractivity (Wildman–Crippen MR) is 65.4 cm³/mol. The van der Waals surface area contributed by atoms with Gasteiger partial charge < -0.3 is 5.32 Å². The molecule has 0 bridgehead atoms. The second-order valence-corrected chi connectivity index (χ2v) is 4.70. The Labute approximate surface area is 105 Å². The number of nitrogens with zero attached hydrogens (tertiary/aromatic N) is 1. The summed E-state index contributed by atoms with van der Waals surface area (Å²) >= 11 is 6.70. The standard InChI is InChI=1S/C10H8Br2N2O/c1-6-4-7(11)10(8(12)5-6)14-9(15)2-3-13/h4-5H,2H2,1H3,(H,14,15). The number of carbonyl (C=O) groups is 1. The fourth-order valence-corrected chi connectivity index (χ4v) is 2.69. The van der Waals surface area contributed by atoms with Crippen LogP contribution in [0.3, 0.4) is 0 Å². The molecule has 3 nitrogen and oxygen atoms in total. The molecular weight excluding hydrogens is 324 g/mol. The monoisotopic (exact) mass is 330 g/mol. The Bertz CT molecular complexity index is 415. The Balaban J connectivity index is 2.96. The molecule has 5 heteroatoms. The van der Waals surface area contributed by atoms with Gasteiger partial charge in [-0.3, -0.25) is 4.79 Å². The van der Waals surface area contributed by atoms with Gasteiger partial charge in [-0.2, -0.15) is 5.26 Å². The summed E-state index contributed by atoms with van der Waals surface area (Å²) in [6, 6.07) is 5.59. The molecule has 0 saturated heterocycles. The Kier molecular flexibility index (Phi) is 4.30. The van der Waals surface area contributed by atoms with Gasteiger partial charge in [0.25, 0.3) is 0 Å². The molecule has 0 aliphatic heterocycles. The second kappa shape index (κ2) is 5.29. The maximum absolute atomic E-state index is 11.2. The normalized spacial score (nSPS) is 9.47. The van der Waals surface area contributed by atoms with Crippen molar-refractivity contribution >= 4 is 43.5 Å². The minimum atomic E-state index is -0.317. The van der Waals surface area contributed by atoms with Crippen LogP contribution >= 0.6 is 31.9 Å². The highest BCUT2D eigenvalue weighted by Crippen LogP contribution is 2.32. The smallest absolute Gasteiger partial charge is 0.238 e. The Morgan fingerprint density at radius 2 is 2.00 bits per heavy atom. The number of anilines is 1. The van der Waals surface area contributed by atoms with Crippen LogP contribution in [0.1, 0.15) is 12.0 Å². The van der Waals surface area contributed by atoms with Crippen molar-refractivity contribution in [3.8, 4) is 6.07 Å². The van der Waals surface area contributed by atoms with E-state index >= 15 is 0 Å². The molecule has 0 aliphatic rings. The fraction of sp³-hybridized carbons (Fsp3) is 0.200. The quantitative estimate of drug-likeness (QED) is 0.903. The summed E-state index contributed by atoms with van der Waals surface area (Å²) in [6.07, 6.45) is -0.146. The van der Waals surface area contributed by atoms with Crippen LogP contribution in [0.15, 0.2) is 21.1 Å². The van der Waals surface area contributed by atoms with Crippen LogP contribution in [-0.4, -0.2) is 5.91 Å². The van der Waals surface area contributed by atoms with Crippen LogP contribution < -0.4 is 5.32 Å². The van der Waals surface area contributed by atoms with Crippen molar-refractivity contribution in [1.29, 1.82) is 5.26 Å². The van der Waals surface area contributed by atoms with E-state index in [2.05, 4.69) is 37.2 Å². The molecule has 1 N–H and O–H groups in total. The highest BCUT2D eigenvalue weighted by Gasteiger charge is 2.09. The first-order valence-corrected chi connectivity index (χ1v) is 5.75. The molecule has 1 aromatic carbocycles. The Hall–Kier alpha value is -0.860. The molecular formula is C10H8Br2N2O. The lowest BCUT2D eigenvalue weighted by molar-refractivity contribution is -0.115. The summed E-state index contributed by atoms with van der Waals surface area (Å²) in [5, 5.41) is 11.0. The number of nitrogens with one attached hydrogen (secondary N) is 1. The number of aryl methyl sites for hydroxylation is 1. The minimum Gasteiger partial charge on any atom is -0.323 e. The van der Waals surface area contributed by atoms with Crippen molar-refractivity contribution in [2.45, 2.75) is 13.3 Å². The molecule has 78 valence electrons. The summed E-state index contributed by atoms with van der Waals surface area (Å²) in [6.45, 7) is 1.95. The van der Waals surface area contributed by atoms with E-state index in [1.165, 1.54) is 0 Å². The van der Waals surface area contributed by atoms with Gasteiger partial charge in [0.15, 0.2) is 0 Å². The molecule has 0 atom stereocenters. The van der Waals surface area contributed by atoms with E-state index in [-0.39, 0.29) is 12.3 Å². The molecule has 15 heavy (non-hydrogen) atoms. The average molecular weight is 332 g/mol. The zero-order chi connectivity index (χ0) is 11.4. The average Bonchev–Trinajstić information content (AvgIpc) is 2.11. The van der Waals surface area contributed by atoms with E-state index in [0.29, 0.717) is 5.69 Å². The molecule has 1 amide bonds. The minimum absolute atomic E-state index is 0.146. The lowest BCUT2D eigenvalue weighted by Gasteiger charge is -2.09. The van der Waals surface area contributed by atoms with E-state index in [1.807, 2.05) is 19.1 Å².